The molecular weight excluding hydrogens is 335 g/mol. The average molecular weight is 356 g/mol. The van der Waals surface area contributed by atoms with Crippen LogP contribution in [0.25, 0.3) is 21.8 Å². The van der Waals surface area contributed by atoms with Gasteiger partial charge in [-0.05, 0) is 43.4 Å². The Labute approximate surface area is 149 Å². The van der Waals surface area contributed by atoms with Crippen LogP contribution >= 0.6 is 0 Å². The first-order chi connectivity index (χ1) is 12.4. The van der Waals surface area contributed by atoms with Crippen LogP contribution in [0, 0.1) is 11.7 Å². The molecule has 2 aromatic heterocycles. The molecule has 26 heavy (non-hydrogen) atoms. The van der Waals surface area contributed by atoms with Crippen LogP contribution in [-0.4, -0.2) is 33.1 Å². The maximum atomic E-state index is 13.8. The number of carbonyl (C=O) groups is 1. The van der Waals surface area contributed by atoms with Crippen LogP contribution in [0.4, 0.5) is 10.2 Å². The number of nitrogens with two attached hydrogens (primary N) is 1. The number of benzene rings is 1. The van der Waals surface area contributed by atoms with Crippen LogP contribution in [0.2, 0.25) is 0 Å². The van der Waals surface area contributed by atoms with Crippen molar-refractivity contribution in [2.75, 3.05) is 5.32 Å². The van der Waals surface area contributed by atoms with Crippen molar-refractivity contribution in [1.82, 2.24) is 9.97 Å². The van der Waals surface area contributed by atoms with Crippen LogP contribution in [0.1, 0.15) is 36.5 Å². The van der Waals surface area contributed by atoms with Crippen molar-refractivity contribution in [2.45, 2.75) is 38.3 Å². The van der Waals surface area contributed by atoms with Gasteiger partial charge in [0.05, 0.1) is 22.6 Å². The number of amides is 1. The van der Waals surface area contributed by atoms with Crippen LogP contribution < -0.4 is 11.1 Å². The largest absolute Gasteiger partial charge is 0.393 e. The third kappa shape index (κ3) is 2.78. The number of aromatic nitrogens is 2. The smallest absolute Gasteiger partial charge is 0.252 e. The number of aromatic amines is 1. The number of pyridine rings is 1. The van der Waals surface area contributed by atoms with Gasteiger partial charge < -0.3 is 21.1 Å². The van der Waals surface area contributed by atoms with E-state index < -0.39 is 5.91 Å². The van der Waals surface area contributed by atoms with Gasteiger partial charge in [-0.2, -0.15) is 0 Å². The highest BCUT2D eigenvalue weighted by Crippen LogP contribution is 2.35. The summed E-state index contributed by atoms with van der Waals surface area (Å²) >= 11 is 0. The first kappa shape index (κ1) is 16.8. The fourth-order valence-electron chi connectivity index (χ4n) is 3.92. The van der Waals surface area contributed by atoms with Crippen molar-refractivity contribution in [2.24, 2.45) is 11.7 Å². The molecule has 1 aromatic carbocycles. The van der Waals surface area contributed by atoms with Gasteiger partial charge in [-0.25, -0.2) is 9.37 Å². The van der Waals surface area contributed by atoms with Crippen molar-refractivity contribution in [3.8, 4) is 0 Å². The molecule has 0 spiro atoms. The molecule has 0 radical (unpaired) electrons. The Morgan fingerprint density at radius 2 is 2.23 bits per heavy atom. The zero-order valence-electron chi connectivity index (χ0n) is 14.4. The number of primary amides is 1. The van der Waals surface area contributed by atoms with E-state index in [1.165, 1.54) is 18.3 Å². The highest BCUT2D eigenvalue weighted by atomic mass is 19.1. The van der Waals surface area contributed by atoms with E-state index in [0.717, 1.165) is 19.3 Å². The number of nitrogens with one attached hydrogen (secondary N) is 2. The zero-order chi connectivity index (χ0) is 18.4. The molecular formula is C19H21FN4O2. The van der Waals surface area contributed by atoms with Gasteiger partial charge in [0.2, 0.25) is 0 Å². The third-order valence-corrected chi connectivity index (χ3v) is 5.32. The first-order valence-corrected chi connectivity index (χ1v) is 8.78. The van der Waals surface area contributed by atoms with Crippen molar-refractivity contribution < 1.29 is 14.3 Å². The minimum Gasteiger partial charge on any atom is -0.393 e. The summed E-state index contributed by atoms with van der Waals surface area (Å²) in [6.45, 7) is 2.09. The molecule has 1 aliphatic rings. The van der Waals surface area contributed by atoms with E-state index >= 15 is 0 Å². The predicted molar refractivity (Wildman–Crippen MR) is 98.5 cm³/mol. The van der Waals surface area contributed by atoms with Crippen molar-refractivity contribution in [1.29, 1.82) is 0 Å². The molecule has 1 amide bonds. The fourth-order valence-corrected chi connectivity index (χ4v) is 3.92. The lowest BCUT2D eigenvalue weighted by Crippen LogP contribution is -2.35. The number of fused-ring (bicyclic) bond motifs is 3. The summed E-state index contributed by atoms with van der Waals surface area (Å²) < 4.78 is 13.8. The van der Waals surface area contributed by atoms with E-state index in [9.17, 15) is 14.3 Å². The number of carbonyl (C=O) groups excluding carboxylic acids is 1. The lowest BCUT2D eigenvalue weighted by atomic mass is 9.84. The Bertz CT molecular complexity index is 1000. The summed E-state index contributed by atoms with van der Waals surface area (Å²) in [6, 6.07) is 4.58. The first-order valence-electron chi connectivity index (χ1n) is 8.78. The molecule has 0 bridgehead atoms. The lowest BCUT2D eigenvalue weighted by molar-refractivity contribution is 0.0993. The maximum Gasteiger partial charge on any atom is 0.252 e. The third-order valence-electron chi connectivity index (χ3n) is 5.32. The van der Waals surface area contributed by atoms with Gasteiger partial charge in [0.25, 0.3) is 5.91 Å². The Hall–Kier alpha value is -2.67. The summed E-state index contributed by atoms with van der Waals surface area (Å²) in [5.74, 6) is -0.0818. The standard InChI is InChI=1S/C19H21FN4O2/c1-9-6-11(25)3-5-14(9)24-19-16-12-7-10(20)2-4-15(12)23-17(16)13(8-22-19)18(21)26/h2,4,7-9,11,14,23,25H,3,5-6H2,1H3,(H2,21,26)(H,22,24)/t9-,11-,14?/m1/s1. The van der Waals surface area contributed by atoms with Gasteiger partial charge in [0, 0.05) is 23.1 Å². The van der Waals surface area contributed by atoms with E-state index in [2.05, 4.69) is 22.2 Å². The maximum absolute atomic E-state index is 13.8. The quantitative estimate of drug-likeness (QED) is 0.579. The Morgan fingerprint density at radius 3 is 2.96 bits per heavy atom. The van der Waals surface area contributed by atoms with Gasteiger partial charge in [0.1, 0.15) is 11.6 Å². The summed E-state index contributed by atoms with van der Waals surface area (Å²) in [5, 5.41) is 14.6. The summed E-state index contributed by atoms with van der Waals surface area (Å²) in [7, 11) is 0. The molecule has 5 N–H and O–H groups in total. The number of H-pyrrole nitrogens is 1. The van der Waals surface area contributed by atoms with Gasteiger partial charge in [-0.1, -0.05) is 6.92 Å². The van der Waals surface area contributed by atoms with Crippen LogP contribution in [0.15, 0.2) is 24.4 Å². The molecule has 0 aliphatic heterocycles. The number of hydrogen-bond donors (Lipinski definition) is 4. The number of aliphatic hydroxyl groups excluding tert-OH is 1. The molecule has 6 nitrogen and oxygen atoms in total. The monoisotopic (exact) mass is 356 g/mol. The molecule has 3 aromatic rings. The number of nitrogens with zero attached hydrogens (tertiary/aromatic N) is 1. The Morgan fingerprint density at radius 1 is 1.42 bits per heavy atom. The molecule has 3 atom stereocenters. The van der Waals surface area contributed by atoms with Crippen LogP contribution in [0.5, 0.6) is 0 Å². The SMILES string of the molecule is C[C@@H]1C[C@H](O)CCC1Nc1ncc(C(N)=O)c2[nH]c3ccc(F)cc3c12. The summed E-state index contributed by atoms with van der Waals surface area (Å²) in [5.41, 5.74) is 7.02. The topological polar surface area (TPSA) is 104 Å². The number of aliphatic hydroxyl groups is 1. The van der Waals surface area contributed by atoms with E-state index in [4.69, 9.17) is 5.73 Å². The molecule has 1 aliphatic carbocycles. The highest BCUT2D eigenvalue weighted by molar-refractivity contribution is 6.18. The number of anilines is 1. The second kappa shape index (κ2) is 6.25. The predicted octanol–water partition coefficient (Wildman–Crippen LogP) is 2.92. The van der Waals surface area contributed by atoms with Gasteiger partial charge in [-0.15, -0.1) is 0 Å². The lowest BCUT2D eigenvalue weighted by Gasteiger charge is -2.33. The molecule has 7 heteroatoms. The summed E-state index contributed by atoms with van der Waals surface area (Å²) in [4.78, 5) is 19.4. The number of halogens is 1. The summed E-state index contributed by atoms with van der Waals surface area (Å²) in [6.07, 6.45) is 3.45. The molecule has 2 heterocycles. The van der Waals surface area contributed by atoms with Crippen molar-refractivity contribution in [3.05, 3.63) is 35.8 Å². The Balaban J connectivity index is 1.86. The van der Waals surface area contributed by atoms with Crippen LogP contribution in [-0.2, 0) is 0 Å². The van der Waals surface area contributed by atoms with E-state index in [-0.39, 0.29) is 29.4 Å². The van der Waals surface area contributed by atoms with E-state index in [0.29, 0.717) is 27.6 Å². The molecule has 136 valence electrons. The molecule has 1 saturated carbocycles. The van der Waals surface area contributed by atoms with E-state index in [1.54, 1.807) is 6.07 Å². The second-order valence-corrected chi connectivity index (χ2v) is 7.14. The average Bonchev–Trinajstić information content (AvgIpc) is 2.96. The Kier molecular flexibility index (Phi) is 4.03. The second-order valence-electron chi connectivity index (χ2n) is 7.14. The van der Waals surface area contributed by atoms with Gasteiger partial charge >= 0.3 is 0 Å². The molecule has 1 fully saturated rings. The van der Waals surface area contributed by atoms with Crippen LogP contribution in [0.3, 0.4) is 0 Å². The van der Waals surface area contributed by atoms with Gasteiger partial charge in [-0.3, -0.25) is 4.79 Å². The van der Waals surface area contributed by atoms with Crippen molar-refractivity contribution >= 4 is 33.5 Å². The number of rotatable bonds is 3. The minimum atomic E-state index is -0.588. The fraction of sp³-hybridized carbons (Fsp3) is 0.368. The highest BCUT2D eigenvalue weighted by Gasteiger charge is 2.27. The molecule has 0 saturated heterocycles. The zero-order valence-corrected chi connectivity index (χ0v) is 14.4. The normalized spacial score (nSPS) is 23.4. The van der Waals surface area contributed by atoms with Crippen molar-refractivity contribution in [3.63, 3.8) is 0 Å². The molecule has 1 unspecified atom stereocenters. The number of hydrogen-bond acceptors (Lipinski definition) is 4. The van der Waals surface area contributed by atoms with Gasteiger partial charge in [0.15, 0.2) is 0 Å². The minimum absolute atomic E-state index is 0.145. The molecule has 4 rings (SSSR count). The van der Waals surface area contributed by atoms with E-state index in [1.807, 2.05) is 0 Å².